The summed E-state index contributed by atoms with van der Waals surface area (Å²) in [6.45, 7) is 2.40. The molecule has 0 rings (SSSR count). The van der Waals surface area contributed by atoms with Crippen LogP contribution in [0.2, 0.25) is 0 Å². The molecule has 0 bridgehead atoms. The predicted molar refractivity (Wildman–Crippen MR) is 31.6 cm³/mol. The van der Waals surface area contributed by atoms with Gasteiger partial charge in [-0.1, -0.05) is 13.3 Å². The van der Waals surface area contributed by atoms with Crippen LogP contribution in [0.15, 0.2) is 0 Å². The molecule has 0 aromatic heterocycles. The number of aliphatic hydroxyl groups is 1. The zero-order valence-corrected chi connectivity index (χ0v) is 6.58. The molecule has 0 heterocycles. The normalized spacial score (nSPS) is 5.25. The summed E-state index contributed by atoms with van der Waals surface area (Å²) in [6.07, 6.45) is 2.04. The van der Waals surface area contributed by atoms with Crippen LogP contribution in [-0.2, 0) is 0 Å². The van der Waals surface area contributed by atoms with Crippen LogP contribution in [0.25, 0.3) is 0 Å². The van der Waals surface area contributed by atoms with Crippen LogP contribution < -0.4 is 0 Å². The van der Waals surface area contributed by atoms with Crippen LogP contribution >= 0.6 is 0 Å². The molecule has 0 aromatic rings. The molecule has 0 saturated carbocycles. The van der Waals surface area contributed by atoms with Crippen molar-refractivity contribution < 1.29 is 16.1 Å². The van der Waals surface area contributed by atoms with Gasteiger partial charge in [-0.3, -0.25) is 0 Å². The van der Waals surface area contributed by atoms with Crippen molar-refractivity contribution in [3.05, 3.63) is 0 Å². The minimum Gasteiger partial charge on any atom is -0.870 e. The molecule has 8 heavy (non-hydrogen) atoms. The Balaban J connectivity index is -0.0000000267. The fourth-order valence-corrected chi connectivity index (χ4v) is 0.158. The Kier molecular flexibility index (Phi) is 74.4. The van der Waals surface area contributed by atoms with E-state index in [0.717, 1.165) is 12.8 Å². The standard InChI is InChI=1S/C4H10O.Mg.2H2O/c1-2-3-4-5;;;/h5H,2-4H2,1H3;;2*1H2/q;+2;;/p-2. The summed E-state index contributed by atoms with van der Waals surface area (Å²) in [7, 11) is 0. The van der Waals surface area contributed by atoms with Crippen LogP contribution in [0.5, 0.6) is 0 Å². The van der Waals surface area contributed by atoms with Crippen LogP contribution in [0, 0.1) is 0 Å². The van der Waals surface area contributed by atoms with Gasteiger partial charge >= 0.3 is 23.1 Å². The molecule has 0 aliphatic carbocycles. The minimum absolute atomic E-state index is 0. The second-order valence-electron chi connectivity index (χ2n) is 1.08. The maximum Gasteiger partial charge on any atom is 2.00 e. The summed E-state index contributed by atoms with van der Waals surface area (Å²) in [4.78, 5) is 0. The average molecular weight is 132 g/mol. The van der Waals surface area contributed by atoms with Crippen molar-refractivity contribution >= 4 is 23.1 Å². The first-order chi connectivity index (χ1) is 2.41. The molecule has 0 saturated heterocycles. The molecular formula is C4H12MgO3. The van der Waals surface area contributed by atoms with Gasteiger partial charge in [0.25, 0.3) is 0 Å². The molecule has 3 nitrogen and oxygen atoms in total. The van der Waals surface area contributed by atoms with Gasteiger partial charge in [-0.15, -0.1) is 0 Å². The topological polar surface area (TPSA) is 80.2 Å². The molecule has 0 spiro atoms. The fraction of sp³-hybridized carbons (Fsp3) is 1.00. The van der Waals surface area contributed by atoms with Gasteiger partial charge in [-0.05, 0) is 6.42 Å². The number of rotatable bonds is 2. The van der Waals surface area contributed by atoms with E-state index in [0.29, 0.717) is 6.61 Å². The molecule has 0 fully saturated rings. The first-order valence-corrected chi connectivity index (χ1v) is 2.02. The predicted octanol–water partition coefficient (Wildman–Crippen LogP) is 0.0444. The maximum absolute atomic E-state index is 8.07. The van der Waals surface area contributed by atoms with E-state index in [1.54, 1.807) is 0 Å². The number of aliphatic hydroxyl groups excluding tert-OH is 1. The smallest absolute Gasteiger partial charge is 0.870 e. The first-order valence-electron chi connectivity index (χ1n) is 2.02. The Morgan fingerprint density at radius 2 is 1.62 bits per heavy atom. The van der Waals surface area contributed by atoms with Crippen molar-refractivity contribution in [1.29, 1.82) is 0 Å². The van der Waals surface area contributed by atoms with Crippen molar-refractivity contribution in [1.82, 2.24) is 0 Å². The molecule has 0 aliphatic rings. The Bertz CT molecular complexity index is 18.8. The Morgan fingerprint density at radius 1 is 1.25 bits per heavy atom. The molecule has 0 unspecified atom stereocenters. The maximum atomic E-state index is 8.07. The quantitative estimate of drug-likeness (QED) is 0.539. The zero-order valence-electron chi connectivity index (χ0n) is 5.17. The van der Waals surface area contributed by atoms with Crippen LogP contribution in [0.3, 0.4) is 0 Å². The molecule has 0 amide bonds. The summed E-state index contributed by atoms with van der Waals surface area (Å²) in [5.74, 6) is 0. The Hall–Kier alpha value is 0.646. The Morgan fingerprint density at radius 3 is 1.62 bits per heavy atom. The van der Waals surface area contributed by atoms with Gasteiger partial charge in [0.05, 0.1) is 0 Å². The van der Waals surface area contributed by atoms with E-state index < -0.39 is 0 Å². The summed E-state index contributed by atoms with van der Waals surface area (Å²) < 4.78 is 0. The molecule has 48 valence electrons. The molecular weight excluding hydrogens is 120 g/mol. The van der Waals surface area contributed by atoms with Crippen LogP contribution in [0.4, 0.5) is 0 Å². The fourth-order valence-electron chi connectivity index (χ4n) is 0.158. The summed E-state index contributed by atoms with van der Waals surface area (Å²) in [5.41, 5.74) is 0. The van der Waals surface area contributed by atoms with Crippen molar-refractivity contribution in [2.45, 2.75) is 19.8 Å². The minimum atomic E-state index is 0. The summed E-state index contributed by atoms with van der Waals surface area (Å²) in [6, 6.07) is 0. The molecule has 0 atom stereocenters. The van der Waals surface area contributed by atoms with Crippen molar-refractivity contribution in [2.24, 2.45) is 0 Å². The van der Waals surface area contributed by atoms with Crippen molar-refractivity contribution in [3.63, 3.8) is 0 Å². The van der Waals surface area contributed by atoms with E-state index >= 15 is 0 Å². The largest absolute Gasteiger partial charge is 2.00 e. The average Bonchev–Trinajstić information content (AvgIpc) is 1.41. The number of hydrogen-bond donors (Lipinski definition) is 1. The van der Waals surface area contributed by atoms with Gasteiger partial charge in [0.1, 0.15) is 0 Å². The number of unbranched alkanes of at least 4 members (excludes halogenated alkanes) is 1. The van der Waals surface area contributed by atoms with E-state index in [9.17, 15) is 0 Å². The van der Waals surface area contributed by atoms with Crippen molar-refractivity contribution in [2.75, 3.05) is 6.61 Å². The Labute approximate surface area is 65.9 Å². The third-order valence-electron chi connectivity index (χ3n) is 0.512. The van der Waals surface area contributed by atoms with Gasteiger partial charge in [0.15, 0.2) is 0 Å². The van der Waals surface area contributed by atoms with Gasteiger partial charge in [-0.2, -0.15) is 0 Å². The molecule has 4 heteroatoms. The second-order valence-corrected chi connectivity index (χ2v) is 1.08. The first kappa shape index (κ1) is 23.4. The van der Waals surface area contributed by atoms with Crippen LogP contribution in [-0.4, -0.2) is 45.7 Å². The molecule has 0 aromatic carbocycles. The summed E-state index contributed by atoms with van der Waals surface area (Å²) in [5, 5.41) is 8.07. The third-order valence-corrected chi connectivity index (χ3v) is 0.512. The van der Waals surface area contributed by atoms with Gasteiger partial charge in [0.2, 0.25) is 0 Å². The summed E-state index contributed by atoms with van der Waals surface area (Å²) >= 11 is 0. The molecule has 0 radical (unpaired) electrons. The molecule has 0 aliphatic heterocycles. The van der Waals surface area contributed by atoms with Crippen LogP contribution in [0.1, 0.15) is 19.8 Å². The van der Waals surface area contributed by atoms with E-state index in [1.165, 1.54) is 0 Å². The van der Waals surface area contributed by atoms with Gasteiger partial charge in [0, 0.05) is 6.61 Å². The third kappa shape index (κ3) is 30.3. The van der Waals surface area contributed by atoms with E-state index in [-0.39, 0.29) is 34.0 Å². The second kappa shape index (κ2) is 25.4. The van der Waals surface area contributed by atoms with Crippen molar-refractivity contribution in [3.8, 4) is 0 Å². The van der Waals surface area contributed by atoms with Gasteiger partial charge < -0.3 is 16.1 Å². The van der Waals surface area contributed by atoms with E-state index in [1.807, 2.05) is 0 Å². The SMILES string of the molecule is CCCCO.[Mg+2].[OH-].[OH-]. The monoisotopic (exact) mass is 132 g/mol. The molecule has 3 N–H and O–H groups in total. The van der Waals surface area contributed by atoms with E-state index in [2.05, 4.69) is 6.92 Å². The van der Waals surface area contributed by atoms with E-state index in [4.69, 9.17) is 5.11 Å². The zero-order chi connectivity index (χ0) is 4.12. The van der Waals surface area contributed by atoms with Gasteiger partial charge in [-0.25, -0.2) is 0 Å². The number of hydrogen-bond acceptors (Lipinski definition) is 3.